The maximum atomic E-state index is 8.63. The summed E-state index contributed by atoms with van der Waals surface area (Å²) < 4.78 is 1.46. The molecule has 1 heterocycles. The number of nitrogens with zero attached hydrogens (tertiary/aromatic N) is 6. The molecule has 0 fully saturated rings. The highest BCUT2D eigenvalue weighted by Gasteiger charge is 2.04. The zero-order valence-electron chi connectivity index (χ0n) is 9.45. The second kappa shape index (κ2) is 5.63. The highest BCUT2D eigenvalue weighted by atomic mass is 35.5. The van der Waals surface area contributed by atoms with Crippen LogP contribution in [-0.2, 0) is 0 Å². The molecule has 1 aromatic carbocycles. The fraction of sp³-hybridized carbons (Fsp3) is 0. The topological polar surface area (TPSA) is 103 Å². The lowest BCUT2D eigenvalue weighted by Crippen LogP contribution is -1.97. The number of hydrogen-bond donors (Lipinski definition) is 1. The number of nitriles is 2. The second-order valence-corrected chi connectivity index (χ2v) is 3.75. The predicted molar refractivity (Wildman–Crippen MR) is 67.1 cm³/mol. The first-order chi connectivity index (χ1) is 9.24. The molecule has 0 atom stereocenters. The molecule has 7 nitrogen and oxygen atoms in total. The summed E-state index contributed by atoms with van der Waals surface area (Å²) in [6.45, 7) is 0. The Hall–Kier alpha value is -2.90. The van der Waals surface area contributed by atoms with Gasteiger partial charge in [0.1, 0.15) is 24.0 Å². The molecule has 92 valence electrons. The molecule has 1 N–H and O–H groups in total. The summed E-state index contributed by atoms with van der Waals surface area (Å²) in [6.07, 6.45) is 2.73. The first-order valence-electron chi connectivity index (χ1n) is 5.04. The summed E-state index contributed by atoms with van der Waals surface area (Å²) in [6, 6.07) is 8.58. The van der Waals surface area contributed by atoms with Crippen molar-refractivity contribution in [2.45, 2.75) is 0 Å². The zero-order valence-corrected chi connectivity index (χ0v) is 10.2. The van der Waals surface area contributed by atoms with Gasteiger partial charge in [-0.3, -0.25) is 0 Å². The fourth-order valence-electron chi connectivity index (χ4n) is 1.29. The van der Waals surface area contributed by atoms with Gasteiger partial charge in [-0.05, 0) is 28.6 Å². The predicted octanol–water partition coefficient (Wildman–Crippen LogP) is 1.66. The molecule has 2 aromatic rings. The van der Waals surface area contributed by atoms with E-state index in [-0.39, 0.29) is 5.57 Å². The van der Waals surface area contributed by atoms with E-state index in [9.17, 15) is 0 Å². The lowest BCUT2D eigenvalue weighted by atomic mass is 10.2. The molecule has 0 saturated carbocycles. The smallest absolute Gasteiger partial charge is 0.145 e. The summed E-state index contributed by atoms with van der Waals surface area (Å²) in [7, 11) is 0. The van der Waals surface area contributed by atoms with Crippen molar-refractivity contribution in [1.82, 2.24) is 20.2 Å². The Kier molecular flexibility index (Phi) is 3.72. The largest absolute Gasteiger partial charge is 0.359 e. The van der Waals surface area contributed by atoms with Crippen LogP contribution in [-0.4, -0.2) is 20.2 Å². The van der Waals surface area contributed by atoms with Crippen LogP contribution in [0, 0.1) is 22.7 Å². The van der Waals surface area contributed by atoms with Crippen molar-refractivity contribution in [2.24, 2.45) is 0 Å². The van der Waals surface area contributed by atoms with Crippen LogP contribution in [0.5, 0.6) is 0 Å². The Balaban J connectivity index is 2.32. The summed E-state index contributed by atoms with van der Waals surface area (Å²) in [5.74, 6) is 0. The molecule has 0 spiro atoms. The van der Waals surface area contributed by atoms with Gasteiger partial charge in [0.2, 0.25) is 0 Å². The van der Waals surface area contributed by atoms with E-state index in [1.54, 1.807) is 30.3 Å². The SMILES string of the molecule is N#CC(C#N)=CNc1cc(-n2cnnn2)ccc1Cl. The third-order valence-electron chi connectivity index (χ3n) is 2.18. The number of benzene rings is 1. The Morgan fingerprint density at radius 3 is 2.79 bits per heavy atom. The van der Waals surface area contributed by atoms with Crippen LogP contribution in [0.4, 0.5) is 5.69 Å². The van der Waals surface area contributed by atoms with Gasteiger partial charge in [-0.15, -0.1) is 5.10 Å². The van der Waals surface area contributed by atoms with Crippen molar-refractivity contribution in [3.63, 3.8) is 0 Å². The summed E-state index contributed by atoms with van der Waals surface area (Å²) in [4.78, 5) is 0. The maximum Gasteiger partial charge on any atom is 0.145 e. The highest BCUT2D eigenvalue weighted by Crippen LogP contribution is 2.24. The molecule has 1 aromatic heterocycles. The van der Waals surface area contributed by atoms with Crippen LogP contribution in [0.15, 0.2) is 36.3 Å². The van der Waals surface area contributed by atoms with E-state index in [1.165, 1.54) is 17.2 Å². The van der Waals surface area contributed by atoms with E-state index in [0.29, 0.717) is 16.4 Å². The van der Waals surface area contributed by atoms with Crippen molar-refractivity contribution in [2.75, 3.05) is 5.32 Å². The fourth-order valence-corrected chi connectivity index (χ4v) is 1.46. The van der Waals surface area contributed by atoms with Crippen LogP contribution >= 0.6 is 11.6 Å². The van der Waals surface area contributed by atoms with E-state index in [0.717, 1.165) is 0 Å². The van der Waals surface area contributed by atoms with Gasteiger partial charge in [-0.1, -0.05) is 11.6 Å². The molecule has 2 rings (SSSR count). The van der Waals surface area contributed by atoms with Crippen molar-refractivity contribution in [1.29, 1.82) is 10.5 Å². The van der Waals surface area contributed by atoms with Gasteiger partial charge < -0.3 is 5.32 Å². The van der Waals surface area contributed by atoms with Gasteiger partial charge in [0, 0.05) is 6.20 Å². The third-order valence-corrected chi connectivity index (χ3v) is 2.51. The summed E-state index contributed by atoms with van der Waals surface area (Å²) in [5, 5.41) is 31.3. The lowest BCUT2D eigenvalue weighted by Gasteiger charge is -2.06. The molecule has 0 bridgehead atoms. The molecule has 0 amide bonds. The molecule has 0 aliphatic heterocycles. The van der Waals surface area contributed by atoms with Crippen LogP contribution in [0.25, 0.3) is 5.69 Å². The van der Waals surface area contributed by atoms with Gasteiger partial charge in [-0.25, -0.2) is 4.68 Å². The Morgan fingerprint density at radius 2 is 2.16 bits per heavy atom. The van der Waals surface area contributed by atoms with Gasteiger partial charge in [0.05, 0.1) is 16.4 Å². The molecular weight excluding hydrogens is 266 g/mol. The average Bonchev–Trinajstić information content (AvgIpc) is 2.96. The van der Waals surface area contributed by atoms with Crippen LogP contribution < -0.4 is 5.32 Å². The average molecular weight is 272 g/mol. The number of aromatic nitrogens is 4. The molecule has 8 heteroatoms. The number of anilines is 1. The molecule has 0 saturated heterocycles. The zero-order chi connectivity index (χ0) is 13.7. The van der Waals surface area contributed by atoms with E-state index < -0.39 is 0 Å². The normalized spacial score (nSPS) is 9.21. The summed E-state index contributed by atoms with van der Waals surface area (Å²) >= 11 is 6.01. The standard InChI is InChI=1S/C11H6ClN7/c12-10-2-1-9(19-7-16-17-18-19)3-11(10)15-6-8(4-13)5-14/h1-3,6-7,15H. The van der Waals surface area contributed by atoms with Crippen molar-refractivity contribution >= 4 is 17.3 Å². The van der Waals surface area contributed by atoms with E-state index >= 15 is 0 Å². The Morgan fingerprint density at radius 1 is 1.37 bits per heavy atom. The molecular formula is C11H6ClN7. The second-order valence-electron chi connectivity index (χ2n) is 3.34. The number of allylic oxidation sites excluding steroid dienone is 1. The Bertz CT molecular complexity index is 675. The van der Waals surface area contributed by atoms with E-state index in [1.807, 2.05) is 0 Å². The number of nitrogens with one attached hydrogen (secondary N) is 1. The van der Waals surface area contributed by atoms with Gasteiger partial charge in [0.15, 0.2) is 0 Å². The van der Waals surface area contributed by atoms with Crippen LogP contribution in [0.2, 0.25) is 5.02 Å². The number of rotatable bonds is 3. The molecule has 0 aliphatic carbocycles. The van der Waals surface area contributed by atoms with Crippen molar-refractivity contribution in [3.8, 4) is 17.8 Å². The molecule has 0 aliphatic rings. The van der Waals surface area contributed by atoms with E-state index in [4.69, 9.17) is 22.1 Å². The lowest BCUT2D eigenvalue weighted by molar-refractivity contribution is 0.789. The molecule has 0 radical (unpaired) electrons. The number of halogens is 1. The highest BCUT2D eigenvalue weighted by molar-refractivity contribution is 6.33. The summed E-state index contributed by atoms with van der Waals surface area (Å²) in [5.41, 5.74) is 1.18. The minimum Gasteiger partial charge on any atom is -0.359 e. The minimum atomic E-state index is -0.0520. The first kappa shape index (κ1) is 12.6. The monoisotopic (exact) mass is 271 g/mol. The molecule has 0 unspecified atom stereocenters. The quantitative estimate of drug-likeness (QED) is 0.852. The third kappa shape index (κ3) is 2.86. The molecule has 19 heavy (non-hydrogen) atoms. The van der Waals surface area contributed by atoms with Gasteiger partial charge in [0.25, 0.3) is 0 Å². The van der Waals surface area contributed by atoms with Gasteiger partial charge in [-0.2, -0.15) is 10.5 Å². The van der Waals surface area contributed by atoms with Crippen LogP contribution in [0.1, 0.15) is 0 Å². The number of hydrogen-bond acceptors (Lipinski definition) is 6. The van der Waals surface area contributed by atoms with Crippen molar-refractivity contribution < 1.29 is 0 Å². The number of tetrazole rings is 1. The van der Waals surface area contributed by atoms with E-state index in [2.05, 4.69) is 20.8 Å². The van der Waals surface area contributed by atoms with Gasteiger partial charge >= 0.3 is 0 Å². The van der Waals surface area contributed by atoms with Crippen molar-refractivity contribution in [3.05, 3.63) is 41.3 Å². The maximum absolute atomic E-state index is 8.63. The Labute approximate surface area is 113 Å². The minimum absolute atomic E-state index is 0.0520. The first-order valence-corrected chi connectivity index (χ1v) is 5.42. The van der Waals surface area contributed by atoms with Crippen LogP contribution in [0.3, 0.4) is 0 Å².